The molecule has 126 valence electrons. The summed E-state index contributed by atoms with van der Waals surface area (Å²) in [6, 6.07) is 12.7. The number of esters is 1. The molecular formula is C18H20N2O4. The van der Waals surface area contributed by atoms with Crippen LogP contribution in [0.25, 0.3) is 10.8 Å². The largest absolute Gasteiger partial charge is 0.455 e. The minimum absolute atomic E-state index is 0.0623. The molecule has 0 bridgehead atoms. The van der Waals surface area contributed by atoms with Crippen molar-refractivity contribution in [1.29, 1.82) is 0 Å². The van der Waals surface area contributed by atoms with Crippen molar-refractivity contribution >= 4 is 28.7 Å². The van der Waals surface area contributed by atoms with Crippen LogP contribution >= 0.6 is 0 Å². The summed E-state index contributed by atoms with van der Waals surface area (Å²) in [5.74, 6) is -1.19. The lowest BCUT2D eigenvalue weighted by molar-refractivity contribution is -0.147. The van der Waals surface area contributed by atoms with Crippen LogP contribution < -0.4 is 10.6 Å². The van der Waals surface area contributed by atoms with Crippen LogP contribution in [0.1, 0.15) is 19.4 Å². The second kappa shape index (κ2) is 8.10. The second-order valence-corrected chi connectivity index (χ2v) is 5.65. The summed E-state index contributed by atoms with van der Waals surface area (Å²) in [7, 11) is 0. The van der Waals surface area contributed by atoms with E-state index in [2.05, 4.69) is 10.6 Å². The van der Waals surface area contributed by atoms with Crippen molar-refractivity contribution in [2.24, 2.45) is 0 Å². The molecule has 6 heteroatoms. The summed E-state index contributed by atoms with van der Waals surface area (Å²) >= 11 is 0. The van der Waals surface area contributed by atoms with Crippen molar-refractivity contribution in [2.45, 2.75) is 26.3 Å². The number of ether oxygens (including phenoxy) is 1. The van der Waals surface area contributed by atoms with Crippen LogP contribution in [0.3, 0.4) is 0 Å². The maximum absolute atomic E-state index is 11.9. The summed E-state index contributed by atoms with van der Waals surface area (Å²) in [4.78, 5) is 34.8. The average molecular weight is 328 g/mol. The third-order valence-corrected chi connectivity index (χ3v) is 3.25. The van der Waals surface area contributed by atoms with Crippen LogP contribution in [-0.4, -0.2) is 30.6 Å². The highest BCUT2D eigenvalue weighted by molar-refractivity contribution is 5.96. The van der Waals surface area contributed by atoms with Gasteiger partial charge in [-0.15, -0.1) is 0 Å². The van der Waals surface area contributed by atoms with Crippen molar-refractivity contribution in [3.05, 3.63) is 48.0 Å². The highest BCUT2D eigenvalue weighted by atomic mass is 16.5. The number of hydrogen-bond donors (Lipinski definition) is 2. The van der Waals surface area contributed by atoms with Crippen LogP contribution in [-0.2, 0) is 20.7 Å². The van der Waals surface area contributed by atoms with E-state index in [-0.39, 0.29) is 12.5 Å². The van der Waals surface area contributed by atoms with Crippen molar-refractivity contribution < 1.29 is 19.1 Å². The lowest BCUT2D eigenvalue weighted by atomic mass is 10.0. The molecule has 24 heavy (non-hydrogen) atoms. The molecule has 0 aliphatic heterocycles. The molecule has 2 rings (SSSR count). The Kier molecular flexibility index (Phi) is 5.89. The average Bonchev–Trinajstić information content (AvgIpc) is 2.52. The van der Waals surface area contributed by atoms with Gasteiger partial charge in [-0.05, 0) is 30.2 Å². The van der Waals surface area contributed by atoms with E-state index in [0.717, 1.165) is 16.3 Å². The van der Waals surface area contributed by atoms with Gasteiger partial charge in [0.1, 0.15) is 0 Å². The Morgan fingerprint density at radius 3 is 2.50 bits per heavy atom. The van der Waals surface area contributed by atoms with Crippen LogP contribution in [0, 0.1) is 0 Å². The number of fused-ring (bicyclic) bond motifs is 1. The molecule has 0 heterocycles. The van der Waals surface area contributed by atoms with E-state index >= 15 is 0 Å². The molecule has 0 aromatic heterocycles. The smallest absolute Gasteiger partial charge is 0.321 e. The third-order valence-electron chi connectivity index (χ3n) is 3.25. The standard InChI is InChI=1S/C18H20N2O4/c1-12(2)19-18(23)20-16(21)11-24-17(22)10-14-8-5-7-13-6-3-4-9-15(13)14/h3-9,12H,10-11H2,1-2H3,(H2,19,20,21,23). The Labute approximate surface area is 140 Å². The highest BCUT2D eigenvalue weighted by Gasteiger charge is 2.13. The first-order valence-electron chi connectivity index (χ1n) is 7.68. The molecule has 3 amide bonds. The van der Waals surface area contributed by atoms with Gasteiger partial charge in [0.2, 0.25) is 0 Å². The fourth-order valence-electron chi connectivity index (χ4n) is 2.26. The summed E-state index contributed by atoms with van der Waals surface area (Å²) in [5, 5.41) is 6.61. The van der Waals surface area contributed by atoms with Gasteiger partial charge in [-0.25, -0.2) is 4.79 Å². The molecule has 2 N–H and O–H groups in total. The van der Waals surface area contributed by atoms with Crippen molar-refractivity contribution in [3.63, 3.8) is 0 Å². The molecule has 0 radical (unpaired) electrons. The van der Waals surface area contributed by atoms with Gasteiger partial charge >= 0.3 is 12.0 Å². The van der Waals surface area contributed by atoms with Crippen molar-refractivity contribution in [2.75, 3.05) is 6.61 Å². The number of amides is 3. The van der Waals surface area contributed by atoms with Gasteiger partial charge in [0, 0.05) is 6.04 Å². The lowest BCUT2D eigenvalue weighted by Gasteiger charge is -2.10. The fourth-order valence-corrected chi connectivity index (χ4v) is 2.26. The SMILES string of the molecule is CC(C)NC(=O)NC(=O)COC(=O)Cc1cccc2ccccc12. The molecule has 0 fully saturated rings. The lowest BCUT2D eigenvalue weighted by Crippen LogP contribution is -2.44. The predicted molar refractivity (Wildman–Crippen MR) is 90.4 cm³/mol. The number of carbonyl (C=O) groups excluding carboxylic acids is 3. The van der Waals surface area contributed by atoms with Gasteiger partial charge in [0.25, 0.3) is 5.91 Å². The Bertz CT molecular complexity index is 750. The Morgan fingerprint density at radius 2 is 1.75 bits per heavy atom. The van der Waals surface area contributed by atoms with Crippen molar-refractivity contribution in [3.8, 4) is 0 Å². The zero-order chi connectivity index (χ0) is 17.5. The van der Waals surface area contributed by atoms with E-state index in [0.29, 0.717) is 0 Å². The minimum Gasteiger partial charge on any atom is -0.455 e. The molecule has 0 aliphatic carbocycles. The fraction of sp³-hybridized carbons (Fsp3) is 0.278. The molecule has 0 unspecified atom stereocenters. The van der Waals surface area contributed by atoms with Crippen LogP contribution in [0.2, 0.25) is 0 Å². The van der Waals surface area contributed by atoms with Crippen LogP contribution in [0.5, 0.6) is 0 Å². The number of imide groups is 1. The minimum atomic E-state index is -0.667. The monoisotopic (exact) mass is 328 g/mol. The molecule has 2 aromatic carbocycles. The van der Waals surface area contributed by atoms with Gasteiger partial charge in [0.05, 0.1) is 6.42 Å². The molecule has 0 aliphatic rings. The summed E-state index contributed by atoms with van der Waals surface area (Å²) in [6.07, 6.45) is 0.0623. The first-order valence-corrected chi connectivity index (χ1v) is 7.68. The molecule has 0 saturated heterocycles. The topological polar surface area (TPSA) is 84.5 Å². The number of hydrogen-bond acceptors (Lipinski definition) is 4. The predicted octanol–water partition coefficient (Wildman–Crippen LogP) is 2.16. The molecule has 0 saturated carbocycles. The number of urea groups is 1. The first-order chi connectivity index (χ1) is 11.5. The van der Waals surface area contributed by atoms with Crippen LogP contribution in [0.4, 0.5) is 4.79 Å². The van der Waals surface area contributed by atoms with E-state index in [1.54, 1.807) is 13.8 Å². The molecular weight excluding hydrogens is 308 g/mol. The van der Waals surface area contributed by atoms with E-state index in [1.807, 2.05) is 42.5 Å². The van der Waals surface area contributed by atoms with Gasteiger partial charge in [-0.3, -0.25) is 14.9 Å². The molecule has 0 spiro atoms. The molecule has 6 nitrogen and oxygen atoms in total. The highest BCUT2D eigenvalue weighted by Crippen LogP contribution is 2.19. The van der Waals surface area contributed by atoms with E-state index in [4.69, 9.17) is 4.74 Å². The quantitative estimate of drug-likeness (QED) is 0.824. The van der Waals surface area contributed by atoms with Gasteiger partial charge in [-0.1, -0.05) is 42.5 Å². The van der Waals surface area contributed by atoms with E-state index in [1.165, 1.54) is 0 Å². The number of rotatable bonds is 5. The van der Waals surface area contributed by atoms with Gasteiger partial charge in [0.15, 0.2) is 6.61 Å². The maximum atomic E-state index is 11.9. The van der Waals surface area contributed by atoms with E-state index < -0.39 is 24.5 Å². The van der Waals surface area contributed by atoms with Gasteiger partial charge in [-0.2, -0.15) is 0 Å². The molecule has 2 aromatic rings. The maximum Gasteiger partial charge on any atom is 0.321 e. The second-order valence-electron chi connectivity index (χ2n) is 5.65. The summed E-state index contributed by atoms with van der Waals surface area (Å²) in [5.41, 5.74) is 0.830. The van der Waals surface area contributed by atoms with E-state index in [9.17, 15) is 14.4 Å². The zero-order valence-electron chi connectivity index (χ0n) is 13.7. The van der Waals surface area contributed by atoms with Crippen molar-refractivity contribution in [1.82, 2.24) is 10.6 Å². The summed E-state index contributed by atoms with van der Waals surface area (Å²) in [6.45, 7) is 3.05. The normalized spacial score (nSPS) is 10.5. The Balaban J connectivity index is 1.87. The Hall–Kier alpha value is -2.89. The Morgan fingerprint density at radius 1 is 1.04 bits per heavy atom. The number of nitrogens with one attached hydrogen (secondary N) is 2. The zero-order valence-corrected chi connectivity index (χ0v) is 13.7. The molecule has 0 atom stereocenters. The van der Waals surface area contributed by atoms with Crippen LogP contribution in [0.15, 0.2) is 42.5 Å². The summed E-state index contributed by atoms with van der Waals surface area (Å²) < 4.78 is 4.93. The number of benzene rings is 2. The van der Waals surface area contributed by atoms with Gasteiger partial charge < -0.3 is 10.1 Å². The number of carbonyl (C=O) groups is 3. The first kappa shape index (κ1) is 17.5. The third kappa shape index (κ3) is 5.08.